The van der Waals surface area contributed by atoms with Crippen LogP contribution < -0.4 is 5.73 Å². The Kier molecular flexibility index (Phi) is 3.39. The first-order chi connectivity index (χ1) is 8.86. The van der Waals surface area contributed by atoms with Gasteiger partial charge < -0.3 is 5.73 Å². The molecule has 1 aliphatic rings. The first-order valence-corrected chi connectivity index (χ1v) is 7.26. The second-order valence-electron chi connectivity index (χ2n) is 4.77. The van der Waals surface area contributed by atoms with Crippen LogP contribution in [0.2, 0.25) is 0 Å². The fraction of sp³-hybridized carbons (Fsp3) is 0.429. The third kappa shape index (κ3) is 2.31. The molecule has 4 heteroatoms. The van der Waals surface area contributed by atoms with Gasteiger partial charge in [-0.25, -0.2) is 4.98 Å². The largest absolute Gasteiger partial charge is 0.330 e. The molecule has 0 fully saturated rings. The van der Waals surface area contributed by atoms with Gasteiger partial charge in [0.1, 0.15) is 0 Å². The second-order valence-corrected chi connectivity index (χ2v) is 5.94. The van der Waals surface area contributed by atoms with Crippen molar-refractivity contribution >= 4 is 11.3 Å². The summed E-state index contributed by atoms with van der Waals surface area (Å²) in [5, 5.41) is 1.21. The predicted octanol–water partition coefficient (Wildman–Crippen LogP) is 2.51. The molecule has 0 spiro atoms. The van der Waals surface area contributed by atoms with Gasteiger partial charge >= 0.3 is 0 Å². The molecule has 0 aromatic carbocycles. The van der Waals surface area contributed by atoms with Crippen molar-refractivity contribution in [2.45, 2.75) is 31.6 Å². The molecule has 1 aliphatic carbocycles. The highest BCUT2D eigenvalue weighted by Crippen LogP contribution is 2.34. The zero-order valence-electron chi connectivity index (χ0n) is 10.3. The Bertz CT molecular complexity index is 521. The lowest BCUT2D eigenvalue weighted by molar-refractivity contribution is 0.553. The van der Waals surface area contributed by atoms with Crippen LogP contribution in [0.5, 0.6) is 0 Å². The third-order valence-corrected chi connectivity index (χ3v) is 4.64. The maximum atomic E-state index is 5.84. The second kappa shape index (κ2) is 5.16. The minimum atomic E-state index is 0.483. The summed E-state index contributed by atoms with van der Waals surface area (Å²) in [5.41, 5.74) is 8.39. The number of fused-ring (bicyclic) bond motifs is 1. The normalized spacial score (nSPS) is 18.6. The topological polar surface area (TPSA) is 51.8 Å². The lowest BCUT2D eigenvalue weighted by atomic mass is 9.91. The summed E-state index contributed by atoms with van der Waals surface area (Å²) in [5.74, 6) is 0.483. The highest BCUT2D eigenvalue weighted by atomic mass is 32.1. The number of rotatable bonds is 3. The molecule has 2 N–H and O–H groups in total. The molecule has 0 aliphatic heterocycles. The van der Waals surface area contributed by atoms with E-state index in [-0.39, 0.29) is 0 Å². The number of hydrogen-bond acceptors (Lipinski definition) is 4. The molecule has 1 atom stereocenters. The Hall–Kier alpha value is -1.26. The van der Waals surface area contributed by atoms with Crippen molar-refractivity contribution in [3.05, 3.63) is 45.7 Å². The van der Waals surface area contributed by atoms with E-state index < -0.39 is 0 Å². The third-order valence-electron chi connectivity index (χ3n) is 3.50. The summed E-state index contributed by atoms with van der Waals surface area (Å²) in [4.78, 5) is 10.3. The fourth-order valence-electron chi connectivity index (χ4n) is 2.54. The first kappa shape index (κ1) is 11.8. The fourth-order valence-corrected chi connectivity index (χ4v) is 3.77. The lowest BCUT2D eigenvalue weighted by Crippen LogP contribution is -2.17. The Morgan fingerprint density at radius 2 is 2.17 bits per heavy atom. The summed E-state index contributed by atoms with van der Waals surface area (Å²) in [6.07, 6.45) is 8.22. The van der Waals surface area contributed by atoms with Crippen molar-refractivity contribution in [1.82, 2.24) is 9.97 Å². The molecule has 0 radical (unpaired) electrons. The summed E-state index contributed by atoms with van der Waals surface area (Å²) in [6, 6.07) is 4.11. The van der Waals surface area contributed by atoms with Crippen LogP contribution in [-0.4, -0.2) is 16.5 Å². The minimum absolute atomic E-state index is 0.483. The summed E-state index contributed by atoms with van der Waals surface area (Å²) in [6.45, 7) is 0.728. The Morgan fingerprint density at radius 1 is 1.33 bits per heavy atom. The average Bonchev–Trinajstić information content (AvgIpc) is 2.82. The SMILES string of the molecule is NCC1CCCc2sc(Cc3ccncc3)nc21. The van der Waals surface area contributed by atoms with Crippen LogP contribution in [0.1, 0.15) is 39.9 Å². The predicted molar refractivity (Wildman–Crippen MR) is 73.9 cm³/mol. The van der Waals surface area contributed by atoms with Crippen molar-refractivity contribution in [3.63, 3.8) is 0 Å². The van der Waals surface area contributed by atoms with Gasteiger partial charge in [0.2, 0.25) is 0 Å². The zero-order chi connectivity index (χ0) is 12.4. The molecule has 0 saturated heterocycles. The molecule has 0 saturated carbocycles. The molecule has 18 heavy (non-hydrogen) atoms. The quantitative estimate of drug-likeness (QED) is 0.921. The maximum Gasteiger partial charge on any atom is 0.0975 e. The number of nitrogens with two attached hydrogens (primary N) is 1. The van der Waals surface area contributed by atoms with E-state index in [1.807, 2.05) is 23.7 Å². The van der Waals surface area contributed by atoms with Crippen molar-refractivity contribution in [2.24, 2.45) is 5.73 Å². The van der Waals surface area contributed by atoms with Crippen LogP contribution in [0, 0.1) is 0 Å². The lowest BCUT2D eigenvalue weighted by Gasteiger charge is -2.18. The number of pyridine rings is 1. The highest BCUT2D eigenvalue weighted by molar-refractivity contribution is 7.11. The van der Waals surface area contributed by atoms with Crippen LogP contribution >= 0.6 is 11.3 Å². The molecule has 94 valence electrons. The van der Waals surface area contributed by atoms with E-state index in [1.165, 1.54) is 40.4 Å². The Labute approximate surface area is 111 Å². The summed E-state index contributed by atoms with van der Waals surface area (Å²) >= 11 is 1.86. The van der Waals surface area contributed by atoms with E-state index in [2.05, 4.69) is 17.1 Å². The molecular formula is C14H17N3S. The van der Waals surface area contributed by atoms with E-state index in [0.29, 0.717) is 5.92 Å². The highest BCUT2D eigenvalue weighted by Gasteiger charge is 2.23. The molecule has 2 aromatic rings. The maximum absolute atomic E-state index is 5.84. The van der Waals surface area contributed by atoms with Gasteiger partial charge in [0.25, 0.3) is 0 Å². The molecule has 3 nitrogen and oxygen atoms in total. The smallest absolute Gasteiger partial charge is 0.0975 e. The number of hydrogen-bond donors (Lipinski definition) is 1. The molecular weight excluding hydrogens is 242 g/mol. The van der Waals surface area contributed by atoms with Crippen molar-refractivity contribution in [2.75, 3.05) is 6.54 Å². The van der Waals surface area contributed by atoms with E-state index in [1.54, 1.807) is 0 Å². The minimum Gasteiger partial charge on any atom is -0.330 e. The number of thiazole rings is 1. The molecule has 3 rings (SSSR count). The molecule has 2 aromatic heterocycles. The number of nitrogens with zero attached hydrogens (tertiary/aromatic N) is 2. The van der Waals surface area contributed by atoms with Gasteiger partial charge in [0.15, 0.2) is 0 Å². The van der Waals surface area contributed by atoms with Crippen LogP contribution in [0.15, 0.2) is 24.5 Å². The van der Waals surface area contributed by atoms with E-state index in [9.17, 15) is 0 Å². The van der Waals surface area contributed by atoms with E-state index >= 15 is 0 Å². The van der Waals surface area contributed by atoms with Gasteiger partial charge in [-0.2, -0.15) is 0 Å². The standard InChI is InChI=1S/C14H17N3S/c15-9-11-2-1-3-12-14(11)17-13(18-12)8-10-4-6-16-7-5-10/h4-7,11H,1-3,8-9,15H2. The van der Waals surface area contributed by atoms with Crippen LogP contribution in [-0.2, 0) is 12.8 Å². The summed E-state index contributed by atoms with van der Waals surface area (Å²) in [7, 11) is 0. The molecule has 2 heterocycles. The van der Waals surface area contributed by atoms with Crippen molar-refractivity contribution in [1.29, 1.82) is 0 Å². The van der Waals surface area contributed by atoms with Gasteiger partial charge in [-0.3, -0.25) is 4.98 Å². The van der Waals surface area contributed by atoms with E-state index in [0.717, 1.165) is 13.0 Å². The molecule has 0 bridgehead atoms. The monoisotopic (exact) mass is 259 g/mol. The van der Waals surface area contributed by atoms with Gasteiger partial charge in [0, 0.05) is 36.2 Å². The molecule has 0 amide bonds. The van der Waals surface area contributed by atoms with Gasteiger partial charge in [-0.1, -0.05) is 0 Å². The van der Waals surface area contributed by atoms with Gasteiger partial charge in [0.05, 0.1) is 10.7 Å². The average molecular weight is 259 g/mol. The number of aryl methyl sites for hydroxylation is 1. The Morgan fingerprint density at radius 3 is 2.94 bits per heavy atom. The Balaban J connectivity index is 1.84. The number of aromatic nitrogens is 2. The van der Waals surface area contributed by atoms with Crippen LogP contribution in [0.4, 0.5) is 0 Å². The van der Waals surface area contributed by atoms with Gasteiger partial charge in [-0.05, 0) is 37.0 Å². The van der Waals surface area contributed by atoms with Crippen molar-refractivity contribution in [3.8, 4) is 0 Å². The van der Waals surface area contributed by atoms with E-state index in [4.69, 9.17) is 10.7 Å². The van der Waals surface area contributed by atoms with Gasteiger partial charge in [-0.15, -0.1) is 11.3 Å². The summed E-state index contributed by atoms with van der Waals surface area (Å²) < 4.78 is 0. The van der Waals surface area contributed by atoms with Crippen molar-refractivity contribution < 1.29 is 0 Å². The van der Waals surface area contributed by atoms with Crippen LogP contribution in [0.25, 0.3) is 0 Å². The molecule has 1 unspecified atom stereocenters. The zero-order valence-corrected chi connectivity index (χ0v) is 11.1. The first-order valence-electron chi connectivity index (χ1n) is 6.44. The van der Waals surface area contributed by atoms with Crippen LogP contribution in [0.3, 0.4) is 0 Å².